The highest BCUT2D eigenvalue weighted by Crippen LogP contribution is 2.46. The first-order valence-corrected chi connectivity index (χ1v) is 16.8. The molecule has 45 heavy (non-hydrogen) atoms. The molecule has 3 N–H and O–H groups in total. The number of H-pyrrole nitrogens is 1. The number of ether oxygens (including phenoxy) is 3. The van der Waals surface area contributed by atoms with E-state index in [1.54, 1.807) is 6.33 Å². The highest BCUT2D eigenvalue weighted by molar-refractivity contribution is 5.81. The fraction of sp³-hybridized carbons (Fsp3) is 0.647. The Morgan fingerprint density at radius 3 is 2.64 bits per heavy atom. The van der Waals surface area contributed by atoms with E-state index < -0.39 is 12.0 Å². The first kappa shape index (κ1) is 29.3. The summed E-state index contributed by atoms with van der Waals surface area (Å²) in [6.45, 7) is 11.7. The number of nitrogens with two attached hydrogens (primary N) is 1. The molecule has 0 unspecified atom stereocenters. The quantitative estimate of drug-likeness (QED) is 0.259. The van der Waals surface area contributed by atoms with Crippen molar-refractivity contribution in [2.24, 2.45) is 5.92 Å². The van der Waals surface area contributed by atoms with Crippen LogP contribution in [-0.4, -0.2) is 77.1 Å². The van der Waals surface area contributed by atoms with E-state index in [0.29, 0.717) is 40.4 Å². The van der Waals surface area contributed by atoms with Gasteiger partial charge in [-0.3, -0.25) is 9.47 Å². The summed E-state index contributed by atoms with van der Waals surface area (Å²) in [5.41, 5.74) is 11.3. The average Bonchev–Trinajstić information content (AvgIpc) is 3.71. The van der Waals surface area contributed by atoms with Crippen LogP contribution in [0.1, 0.15) is 90.8 Å². The van der Waals surface area contributed by atoms with Crippen molar-refractivity contribution in [3.8, 4) is 0 Å². The molecule has 0 bridgehead atoms. The van der Waals surface area contributed by atoms with Gasteiger partial charge in [0.15, 0.2) is 23.5 Å². The maximum atomic E-state index is 6.73. The fourth-order valence-electron chi connectivity index (χ4n) is 8.17. The molecule has 0 radical (unpaired) electrons. The van der Waals surface area contributed by atoms with Gasteiger partial charge in [-0.05, 0) is 88.8 Å². The van der Waals surface area contributed by atoms with Crippen molar-refractivity contribution in [3.63, 3.8) is 0 Å². The minimum Gasteiger partial charge on any atom is -0.382 e. The van der Waals surface area contributed by atoms with E-state index in [9.17, 15) is 0 Å². The Bertz CT molecular complexity index is 1700. The normalized spacial score (nSPS) is 30.3. The number of aromatic amines is 1. The second kappa shape index (κ2) is 10.7. The highest BCUT2D eigenvalue weighted by Gasteiger charge is 2.57. The first-order valence-electron chi connectivity index (χ1n) is 16.8. The van der Waals surface area contributed by atoms with Gasteiger partial charge in [0, 0.05) is 25.0 Å². The van der Waals surface area contributed by atoms with E-state index in [0.717, 1.165) is 36.2 Å². The Morgan fingerprint density at radius 1 is 1.09 bits per heavy atom. The molecule has 4 atom stereocenters. The Balaban J connectivity index is 0.918. The molecule has 8 rings (SSSR count). The number of anilines is 1. The lowest BCUT2D eigenvalue weighted by molar-refractivity contribution is -0.199. The standard InChI is InChI=1S/C34H46N8O3/c1-19(2)41(22-13-20(14-22)7-10-26-39-23-9-8-21(15-24(23)40-26)34(5)11-6-12-34)16-25-28-29(45-33(3,4)44-28)32(43-25)42-18-38-27-30(35)36-17-37-31(27)42/h8-9,15,17-20,22,25,28-29,32H,6-7,10-14,16H2,1-5H3,(H,39,40)(H2,35,36,37)/t20?,22?,25-,28-,29-,32-/m1/s1. The number of hydrogen-bond donors (Lipinski definition) is 2. The third-order valence-corrected chi connectivity index (χ3v) is 11.0. The number of hydrogen-bond acceptors (Lipinski definition) is 9. The predicted octanol–water partition coefficient (Wildman–Crippen LogP) is 5.27. The van der Waals surface area contributed by atoms with Gasteiger partial charge >= 0.3 is 0 Å². The van der Waals surface area contributed by atoms with Crippen LogP contribution in [0.5, 0.6) is 0 Å². The number of nitrogen functional groups attached to an aromatic ring is 1. The molecule has 11 heteroatoms. The maximum absolute atomic E-state index is 6.73. The number of aromatic nitrogens is 6. The highest BCUT2D eigenvalue weighted by atomic mass is 16.8. The zero-order valence-corrected chi connectivity index (χ0v) is 27.1. The summed E-state index contributed by atoms with van der Waals surface area (Å²) in [5.74, 6) is 1.47. The van der Waals surface area contributed by atoms with E-state index in [1.165, 1.54) is 44.0 Å². The molecular weight excluding hydrogens is 568 g/mol. The molecule has 4 aromatic rings. The molecule has 0 amide bonds. The molecular formula is C34H46N8O3. The van der Waals surface area contributed by atoms with E-state index in [-0.39, 0.29) is 18.3 Å². The van der Waals surface area contributed by atoms with Crippen molar-refractivity contribution >= 4 is 28.0 Å². The molecule has 4 fully saturated rings. The van der Waals surface area contributed by atoms with Crippen LogP contribution in [0.15, 0.2) is 30.9 Å². The molecule has 2 saturated carbocycles. The molecule has 4 aliphatic rings. The summed E-state index contributed by atoms with van der Waals surface area (Å²) >= 11 is 0. The molecule has 11 nitrogen and oxygen atoms in total. The van der Waals surface area contributed by atoms with Gasteiger partial charge in [0.25, 0.3) is 0 Å². The van der Waals surface area contributed by atoms with Crippen molar-refractivity contribution in [3.05, 3.63) is 42.2 Å². The number of benzene rings is 1. The van der Waals surface area contributed by atoms with Crippen LogP contribution in [0, 0.1) is 5.92 Å². The van der Waals surface area contributed by atoms with Crippen LogP contribution >= 0.6 is 0 Å². The molecule has 3 aromatic heterocycles. The lowest BCUT2D eigenvalue weighted by Gasteiger charge is -2.46. The van der Waals surface area contributed by atoms with Crippen molar-refractivity contribution in [1.82, 2.24) is 34.4 Å². The number of aryl methyl sites for hydroxylation is 1. The number of nitrogens with one attached hydrogen (secondary N) is 1. The zero-order chi connectivity index (χ0) is 31.1. The number of nitrogens with zero attached hydrogens (tertiary/aromatic N) is 6. The lowest BCUT2D eigenvalue weighted by Crippen LogP contribution is -2.52. The summed E-state index contributed by atoms with van der Waals surface area (Å²) in [6.07, 6.45) is 10.6. The van der Waals surface area contributed by atoms with E-state index >= 15 is 0 Å². The largest absolute Gasteiger partial charge is 0.382 e. The SMILES string of the molecule is CC(C)N(C[C@H]1O[C@@H](n2cnc3c(N)ncnc32)[C@@H]2OC(C)(C)O[C@@H]21)C1CC(CCc2nc3cc(C4(C)CCC4)ccc3[nH]2)C1. The number of fused-ring (bicyclic) bond motifs is 3. The van der Waals surface area contributed by atoms with Gasteiger partial charge in [-0.25, -0.2) is 19.9 Å². The van der Waals surface area contributed by atoms with Gasteiger partial charge in [0.05, 0.1) is 17.4 Å². The van der Waals surface area contributed by atoms with Crippen LogP contribution in [0.2, 0.25) is 0 Å². The Hall–Kier alpha value is -3.12. The fourth-order valence-corrected chi connectivity index (χ4v) is 8.17. The molecule has 5 heterocycles. The predicted molar refractivity (Wildman–Crippen MR) is 171 cm³/mol. The summed E-state index contributed by atoms with van der Waals surface area (Å²) in [4.78, 5) is 24.2. The van der Waals surface area contributed by atoms with Gasteiger partial charge < -0.3 is 24.9 Å². The third kappa shape index (κ3) is 5.12. The van der Waals surface area contributed by atoms with Gasteiger partial charge in [0.2, 0.25) is 0 Å². The van der Waals surface area contributed by atoms with Gasteiger partial charge in [0.1, 0.15) is 36.0 Å². The van der Waals surface area contributed by atoms with Crippen LogP contribution in [-0.2, 0) is 26.0 Å². The minimum atomic E-state index is -0.697. The monoisotopic (exact) mass is 614 g/mol. The summed E-state index contributed by atoms with van der Waals surface area (Å²) in [6, 6.07) is 7.74. The van der Waals surface area contributed by atoms with Gasteiger partial charge in [-0.15, -0.1) is 0 Å². The Kier molecular flexibility index (Phi) is 6.98. The van der Waals surface area contributed by atoms with Crippen LogP contribution in [0.4, 0.5) is 5.82 Å². The number of imidazole rings is 2. The molecule has 2 aliphatic carbocycles. The molecule has 2 saturated heterocycles. The van der Waals surface area contributed by atoms with Crippen molar-refractivity contribution in [2.45, 2.75) is 127 Å². The molecule has 1 aromatic carbocycles. The average molecular weight is 615 g/mol. The van der Waals surface area contributed by atoms with Gasteiger partial charge in [-0.1, -0.05) is 19.4 Å². The Labute approximate surface area is 264 Å². The van der Waals surface area contributed by atoms with Crippen molar-refractivity contribution in [1.29, 1.82) is 0 Å². The molecule has 240 valence electrons. The number of rotatable bonds is 9. The molecule has 2 aliphatic heterocycles. The lowest BCUT2D eigenvalue weighted by atomic mass is 9.66. The van der Waals surface area contributed by atoms with Crippen LogP contribution < -0.4 is 5.73 Å². The van der Waals surface area contributed by atoms with Crippen molar-refractivity contribution in [2.75, 3.05) is 12.3 Å². The smallest absolute Gasteiger partial charge is 0.167 e. The zero-order valence-electron chi connectivity index (χ0n) is 27.1. The summed E-state index contributed by atoms with van der Waals surface area (Å²) in [7, 11) is 0. The van der Waals surface area contributed by atoms with E-state index in [4.69, 9.17) is 24.9 Å². The third-order valence-electron chi connectivity index (χ3n) is 11.0. The molecule has 0 spiro atoms. The topological polar surface area (TPSA) is 129 Å². The maximum Gasteiger partial charge on any atom is 0.167 e. The summed E-state index contributed by atoms with van der Waals surface area (Å²) in [5, 5.41) is 0. The first-order chi connectivity index (χ1) is 21.6. The second-order valence-corrected chi connectivity index (χ2v) is 14.9. The van der Waals surface area contributed by atoms with Crippen LogP contribution in [0.25, 0.3) is 22.2 Å². The van der Waals surface area contributed by atoms with Crippen LogP contribution in [0.3, 0.4) is 0 Å². The summed E-state index contributed by atoms with van der Waals surface area (Å²) < 4.78 is 21.5. The van der Waals surface area contributed by atoms with E-state index in [1.807, 2.05) is 18.4 Å². The van der Waals surface area contributed by atoms with Gasteiger partial charge in [-0.2, -0.15) is 0 Å². The second-order valence-electron chi connectivity index (χ2n) is 14.9. The van der Waals surface area contributed by atoms with E-state index in [2.05, 4.69) is 63.8 Å². The minimum absolute atomic E-state index is 0.150. The van der Waals surface area contributed by atoms with Crippen molar-refractivity contribution < 1.29 is 14.2 Å². The Morgan fingerprint density at radius 2 is 1.89 bits per heavy atom.